The second-order valence-corrected chi connectivity index (χ2v) is 6.03. The zero-order valence-corrected chi connectivity index (χ0v) is 9.48. The van der Waals surface area contributed by atoms with Gasteiger partial charge in [-0.25, -0.2) is 8.42 Å². The maximum atomic E-state index is 11.1. The fourth-order valence-electron chi connectivity index (χ4n) is 1.45. The minimum absolute atomic E-state index is 0.160. The smallest absolute Gasteiger partial charge is 0.152 e. The van der Waals surface area contributed by atoms with Crippen LogP contribution in [-0.2, 0) is 14.6 Å². The number of hydrogen-bond donors (Lipinski definition) is 1. The van der Waals surface area contributed by atoms with Crippen molar-refractivity contribution in [3.8, 4) is 0 Å². The van der Waals surface area contributed by atoms with E-state index in [1.165, 1.54) is 0 Å². The Bertz CT molecular complexity index is 245. The first-order valence-corrected chi connectivity index (χ1v) is 6.99. The molecule has 0 aromatic carbocycles. The highest BCUT2D eigenvalue weighted by Crippen LogP contribution is 2.07. The summed E-state index contributed by atoms with van der Waals surface area (Å²) in [5.41, 5.74) is 0. The van der Waals surface area contributed by atoms with Crippen LogP contribution in [0.15, 0.2) is 0 Å². The Morgan fingerprint density at radius 1 is 1.36 bits per heavy atom. The molecule has 1 aliphatic heterocycles. The molecule has 1 heterocycles. The summed E-state index contributed by atoms with van der Waals surface area (Å²) in [5, 5.41) is 3.23. The first-order valence-electron chi connectivity index (χ1n) is 5.17. The SMILES string of the molecule is CCS(=O)(=O)CCOC1CCNCC1. The predicted molar refractivity (Wildman–Crippen MR) is 56.2 cm³/mol. The van der Waals surface area contributed by atoms with Gasteiger partial charge in [0, 0.05) is 5.75 Å². The summed E-state index contributed by atoms with van der Waals surface area (Å²) in [6.45, 7) is 3.97. The third-order valence-electron chi connectivity index (χ3n) is 2.47. The van der Waals surface area contributed by atoms with E-state index < -0.39 is 9.84 Å². The second kappa shape index (κ2) is 5.68. The Morgan fingerprint density at radius 2 is 2.00 bits per heavy atom. The van der Waals surface area contributed by atoms with E-state index in [2.05, 4.69) is 5.32 Å². The second-order valence-electron chi connectivity index (χ2n) is 3.56. The van der Waals surface area contributed by atoms with Gasteiger partial charge in [-0.2, -0.15) is 0 Å². The normalized spacial score (nSPS) is 19.8. The first kappa shape index (κ1) is 11.9. The third-order valence-corrected chi connectivity index (χ3v) is 4.14. The molecule has 0 aromatic heterocycles. The molecular weight excluding hydrogens is 202 g/mol. The summed E-state index contributed by atoms with van der Waals surface area (Å²) in [6.07, 6.45) is 2.24. The zero-order valence-electron chi connectivity index (χ0n) is 8.66. The van der Waals surface area contributed by atoms with E-state index >= 15 is 0 Å². The largest absolute Gasteiger partial charge is 0.377 e. The number of rotatable bonds is 5. The topological polar surface area (TPSA) is 55.4 Å². The highest BCUT2D eigenvalue weighted by Gasteiger charge is 2.14. The maximum Gasteiger partial charge on any atom is 0.152 e. The van der Waals surface area contributed by atoms with E-state index in [0.29, 0.717) is 6.61 Å². The lowest BCUT2D eigenvalue weighted by Crippen LogP contribution is -2.33. The fraction of sp³-hybridized carbons (Fsp3) is 1.00. The van der Waals surface area contributed by atoms with Crippen molar-refractivity contribution >= 4 is 9.84 Å². The van der Waals surface area contributed by atoms with Crippen molar-refractivity contribution < 1.29 is 13.2 Å². The lowest BCUT2D eigenvalue weighted by molar-refractivity contribution is 0.0427. The van der Waals surface area contributed by atoms with Gasteiger partial charge in [-0.15, -0.1) is 0 Å². The molecule has 1 fully saturated rings. The van der Waals surface area contributed by atoms with Gasteiger partial charge in [0.15, 0.2) is 9.84 Å². The van der Waals surface area contributed by atoms with E-state index in [1.54, 1.807) is 6.92 Å². The van der Waals surface area contributed by atoms with Crippen LogP contribution in [0.4, 0.5) is 0 Å². The highest BCUT2D eigenvalue weighted by atomic mass is 32.2. The van der Waals surface area contributed by atoms with Crippen molar-refractivity contribution in [1.29, 1.82) is 0 Å². The molecule has 0 saturated carbocycles. The van der Waals surface area contributed by atoms with Crippen LogP contribution in [0.25, 0.3) is 0 Å². The lowest BCUT2D eigenvalue weighted by Gasteiger charge is -2.22. The van der Waals surface area contributed by atoms with Gasteiger partial charge in [0.2, 0.25) is 0 Å². The molecule has 4 nitrogen and oxygen atoms in total. The quantitative estimate of drug-likeness (QED) is 0.720. The van der Waals surface area contributed by atoms with E-state index in [9.17, 15) is 8.42 Å². The molecule has 14 heavy (non-hydrogen) atoms. The van der Waals surface area contributed by atoms with Crippen molar-refractivity contribution in [2.45, 2.75) is 25.9 Å². The molecule has 1 saturated heterocycles. The molecule has 0 amide bonds. The van der Waals surface area contributed by atoms with Crippen LogP contribution in [0.5, 0.6) is 0 Å². The van der Waals surface area contributed by atoms with E-state index in [1.807, 2.05) is 0 Å². The van der Waals surface area contributed by atoms with Gasteiger partial charge < -0.3 is 10.1 Å². The van der Waals surface area contributed by atoms with Crippen molar-refractivity contribution in [1.82, 2.24) is 5.32 Å². The number of hydrogen-bond acceptors (Lipinski definition) is 4. The van der Waals surface area contributed by atoms with Crippen molar-refractivity contribution in [3.05, 3.63) is 0 Å². The molecule has 5 heteroatoms. The Morgan fingerprint density at radius 3 is 2.57 bits per heavy atom. The maximum absolute atomic E-state index is 11.1. The average molecular weight is 221 g/mol. The summed E-state index contributed by atoms with van der Waals surface area (Å²) in [4.78, 5) is 0. The molecule has 1 rings (SSSR count). The molecule has 0 atom stereocenters. The van der Waals surface area contributed by atoms with Crippen LogP contribution in [0.1, 0.15) is 19.8 Å². The monoisotopic (exact) mass is 221 g/mol. The predicted octanol–water partition coefficient (Wildman–Crippen LogP) is 0.190. The van der Waals surface area contributed by atoms with Crippen molar-refractivity contribution in [3.63, 3.8) is 0 Å². The summed E-state index contributed by atoms with van der Waals surface area (Å²) in [6, 6.07) is 0. The molecule has 0 aromatic rings. The van der Waals surface area contributed by atoms with Crippen LogP contribution in [0.2, 0.25) is 0 Å². The zero-order chi connectivity index (χ0) is 10.4. The van der Waals surface area contributed by atoms with Crippen molar-refractivity contribution in [2.24, 2.45) is 0 Å². The van der Waals surface area contributed by atoms with Gasteiger partial charge in [0.05, 0.1) is 18.5 Å². The van der Waals surface area contributed by atoms with E-state index in [0.717, 1.165) is 25.9 Å². The molecule has 0 unspecified atom stereocenters. The molecule has 1 N–H and O–H groups in total. The van der Waals surface area contributed by atoms with Crippen molar-refractivity contribution in [2.75, 3.05) is 31.2 Å². The highest BCUT2D eigenvalue weighted by molar-refractivity contribution is 7.91. The lowest BCUT2D eigenvalue weighted by atomic mass is 10.1. The summed E-state index contributed by atoms with van der Waals surface area (Å²) < 4.78 is 27.8. The third kappa shape index (κ3) is 4.39. The number of sulfone groups is 1. The van der Waals surface area contributed by atoms with Gasteiger partial charge in [-0.1, -0.05) is 6.92 Å². The Hall–Kier alpha value is -0.130. The molecule has 0 radical (unpaired) electrons. The van der Waals surface area contributed by atoms with Crippen LogP contribution in [-0.4, -0.2) is 45.7 Å². The molecular formula is C9H19NO3S. The minimum atomic E-state index is -2.86. The van der Waals surface area contributed by atoms with E-state index in [-0.39, 0.29) is 17.6 Å². The minimum Gasteiger partial charge on any atom is -0.377 e. The number of nitrogens with one attached hydrogen (secondary N) is 1. The molecule has 0 bridgehead atoms. The molecule has 1 aliphatic rings. The summed E-state index contributed by atoms with van der Waals surface area (Å²) in [7, 11) is -2.86. The van der Waals surface area contributed by atoms with Gasteiger partial charge >= 0.3 is 0 Å². The van der Waals surface area contributed by atoms with Crippen LogP contribution in [0.3, 0.4) is 0 Å². The number of ether oxygens (including phenoxy) is 1. The Balaban J connectivity index is 2.14. The van der Waals surface area contributed by atoms with Gasteiger partial charge in [0.1, 0.15) is 0 Å². The van der Waals surface area contributed by atoms with Crippen LogP contribution >= 0.6 is 0 Å². The average Bonchev–Trinajstić information content (AvgIpc) is 2.19. The fourth-order valence-corrected chi connectivity index (χ4v) is 2.09. The van der Waals surface area contributed by atoms with Crippen LogP contribution < -0.4 is 5.32 Å². The Kier molecular flexibility index (Phi) is 4.84. The molecule has 0 spiro atoms. The van der Waals surface area contributed by atoms with Crippen LogP contribution in [0, 0.1) is 0 Å². The Labute approximate surface area is 85.9 Å². The van der Waals surface area contributed by atoms with Gasteiger partial charge in [0.25, 0.3) is 0 Å². The van der Waals surface area contributed by atoms with Gasteiger partial charge in [-0.3, -0.25) is 0 Å². The van der Waals surface area contributed by atoms with E-state index in [4.69, 9.17) is 4.74 Å². The molecule has 0 aliphatic carbocycles. The summed E-state index contributed by atoms with van der Waals surface area (Å²) >= 11 is 0. The standard InChI is InChI=1S/C9H19NO3S/c1-2-14(11,12)8-7-13-9-3-5-10-6-4-9/h9-10H,2-8H2,1H3. The molecule has 84 valence electrons. The first-order chi connectivity index (χ1) is 6.64. The van der Waals surface area contributed by atoms with Gasteiger partial charge in [-0.05, 0) is 25.9 Å². The summed E-state index contributed by atoms with van der Waals surface area (Å²) in [5.74, 6) is 0.371. The number of piperidine rings is 1.